The number of hydrogen-bond acceptors (Lipinski definition) is 3. The highest BCUT2D eigenvalue weighted by Gasteiger charge is 2.38. The molecule has 18 heavy (non-hydrogen) atoms. The van der Waals surface area contributed by atoms with E-state index >= 15 is 0 Å². The van der Waals surface area contributed by atoms with Crippen LogP contribution in [0.15, 0.2) is 12.4 Å². The van der Waals surface area contributed by atoms with Gasteiger partial charge >= 0.3 is 5.97 Å². The van der Waals surface area contributed by atoms with E-state index in [-0.39, 0.29) is 6.04 Å². The van der Waals surface area contributed by atoms with E-state index in [1.807, 2.05) is 0 Å². The van der Waals surface area contributed by atoms with Gasteiger partial charge < -0.3 is 15.4 Å². The molecule has 0 aliphatic carbocycles. The third kappa shape index (κ3) is 3.32. The predicted molar refractivity (Wildman–Crippen MR) is 65.7 cm³/mol. The first kappa shape index (κ1) is 14.2. The minimum atomic E-state index is -1.12. The Morgan fingerprint density at radius 1 is 1.44 bits per heavy atom. The molecule has 1 amide bonds. The van der Waals surface area contributed by atoms with Crippen molar-refractivity contribution in [2.75, 3.05) is 0 Å². The zero-order valence-corrected chi connectivity index (χ0v) is 11.0. The van der Waals surface area contributed by atoms with Gasteiger partial charge in [-0.05, 0) is 12.3 Å². The third-order valence-corrected chi connectivity index (χ3v) is 2.66. The summed E-state index contributed by atoms with van der Waals surface area (Å²) in [6, 6.07) is -0.350. The molecule has 0 spiro atoms. The van der Waals surface area contributed by atoms with Crippen molar-refractivity contribution in [2.24, 2.45) is 11.3 Å². The van der Waals surface area contributed by atoms with E-state index < -0.39 is 23.2 Å². The van der Waals surface area contributed by atoms with E-state index in [1.54, 1.807) is 40.1 Å². The van der Waals surface area contributed by atoms with Crippen LogP contribution in [0, 0.1) is 11.3 Å². The second-order valence-corrected chi connectivity index (χ2v) is 5.34. The molecular formula is C12H19N3O3. The standard InChI is InChI=1S/C12H19N3O3/c1-7(9-13-5-6-14-9)15-10(16)8(11(17)18)12(2,3)4/h5-8H,1-4H3,(H,13,14)(H,15,16)(H,17,18). The quantitative estimate of drug-likeness (QED) is 0.705. The molecule has 2 atom stereocenters. The number of carbonyl (C=O) groups is 2. The molecule has 0 aromatic carbocycles. The number of rotatable bonds is 4. The Balaban J connectivity index is 2.77. The van der Waals surface area contributed by atoms with Crippen molar-refractivity contribution in [3.8, 4) is 0 Å². The largest absolute Gasteiger partial charge is 0.481 e. The van der Waals surface area contributed by atoms with Crippen LogP contribution >= 0.6 is 0 Å². The highest BCUT2D eigenvalue weighted by molar-refractivity contribution is 5.97. The fourth-order valence-corrected chi connectivity index (χ4v) is 1.76. The van der Waals surface area contributed by atoms with Crippen LogP contribution < -0.4 is 5.32 Å². The Kier molecular flexibility index (Phi) is 4.11. The average Bonchev–Trinajstić information content (AvgIpc) is 2.65. The summed E-state index contributed by atoms with van der Waals surface area (Å²) in [4.78, 5) is 30.1. The zero-order chi connectivity index (χ0) is 13.9. The maximum Gasteiger partial charge on any atom is 0.316 e. The van der Waals surface area contributed by atoms with Crippen LogP contribution in [0.4, 0.5) is 0 Å². The van der Waals surface area contributed by atoms with Crippen molar-refractivity contribution < 1.29 is 14.7 Å². The SMILES string of the molecule is CC(NC(=O)C(C(=O)O)C(C)(C)C)c1ncc[nH]1. The average molecular weight is 253 g/mol. The first-order chi connectivity index (χ1) is 8.23. The highest BCUT2D eigenvalue weighted by Crippen LogP contribution is 2.27. The molecule has 1 rings (SSSR count). The van der Waals surface area contributed by atoms with Crippen molar-refractivity contribution in [1.29, 1.82) is 0 Å². The van der Waals surface area contributed by atoms with E-state index in [2.05, 4.69) is 15.3 Å². The molecule has 3 N–H and O–H groups in total. The molecule has 100 valence electrons. The van der Waals surface area contributed by atoms with Gasteiger partial charge in [0.25, 0.3) is 0 Å². The van der Waals surface area contributed by atoms with Crippen LogP contribution in [0.3, 0.4) is 0 Å². The minimum Gasteiger partial charge on any atom is -0.481 e. The summed E-state index contributed by atoms with van der Waals surface area (Å²) in [6.45, 7) is 6.92. The van der Waals surface area contributed by atoms with Crippen molar-refractivity contribution in [2.45, 2.75) is 33.7 Å². The number of nitrogens with one attached hydrogen (secondary N) is 2. The Labute approximate surface area is 106 Å². The molecule has 1 heterocycles. The summed E-state index contributed by atoms with van der Waals surface area (Å²) >= 11 is 0. The summed E-state index contributed by atoms with van der Waals surface area (Å²) in [5.41, 5.74) is -0.640. The van der Waals surface area contributed by atoms with E-state index in [0.29, 0.717) is 5.82 Å². The summed E-state index contributed by atoms with van der Waals surface area (Å²) in [7, 11) is 0. The van der Waals surface area contributed by atoms with E-state index in [4.69, 9.17) is 5.11 Å². The van der Waals surface area contributed by atoms with Crippen molar-refractivity contribution in [1.82, 2.24) is 15.3 Å². The van der Waals surface area contributed by atoms with Crippen molar-refractivity contribution in [3.63, 3.8) is 0 Å². The summed E-state index contributed by atoms with van der Waals surface area (Å²) in [5.74, 6) is -2.11. The second-order valence-electron chi connectivity index (χ2n) is 5.34. The smallest absolute Gasteiger partial charge is 0.316 e. The molecule has 0 saturated carbocycles. The molecule has 0 aliphatic rings. The van der Waals surface area contributed by atoms with Crippen LogP contribution in [0.25, 0.3) is 0 Å². The Morgan fingerprint density at radius 3 is 2.44 bits per heavy atom. The third-order valence-electron chi connectivity index (χ3n) is 2.66. The summed E-state index contributed by atoms with van der Waals surface area (Å²) < 4.78 is 0. The fraction of sp³-hybridized carbons (Fsp3) is 0.583. The van der Waals surface area contributed by atoms with Gasteiger partial charge in [-0.3, -0.25) is 9.59 Å². The number of aromatic amines is 1. The number of nitrogens with zero attached hydrogens (tertiary/aromatic N) is 1. The van der Waals surface area contributed by atoms with Crippen LogP contribution in [-0.2, 0) is 9.59 Å². The normalized spacial score (nSPS) is 14.9. The topological polar surface area (TPSA) is 95.1 Å². The Hall–Kier alpha value is -1.85. The van der Waals surface area contributed by atoms with E-state index in [0.717, 1.165) is 0 Å². The van der Waals surface area contributed by atoms with Gasteiger partial charge in [0, 0.05) is 12.4 Å². The Bertz CT molecular complexity index is 420. The van der Waals surface area contributed by atoms with Gasteiger partial charge in [-0.25, -0.2) is 4.98 Å². The van der Waals surface area contributed by atoms with Crippen LogP contribution in [0.1, 0.15) is 39.6 Å². The van der Waals surface area contributed by atoms with Gasteiger partial charge in [-0.15, -0.1) is 0 Å². The van der Waals surface area contributed by atoms with Crippen LogP contribution in [0.2, 0.25) is 0 Å². The molecule has 0 saturated heterocycles. The summed E-state index contributed by atoms with van der Waals surface area (Å²) in [5, 5.41) is 11.8. The molecule has 6 nitrogen and oxygen atoms in total. The molecule has 0 radical (unpaired) electrons. The molecule has 1 aromatic heterocycles. The molecule has 6 heteroatoms. The zero-order valence-electron chi connectivity index (χ0n) is 11.0. The molecule has 0 fully saturated rings. The predicted octanol–water partition coefficient (Wildman–Crippen LogP) is 1.33. The molecule has 1 aromatic rings. The van der Waals surface area contributed by atoms with Gasteiger partial charge in [0.15, 0.2) is 0 Å². The lowest BCUT2D eigenvalue weighted by Crippen LogP contribution is -2.43. The van der Waals surface area contributed by atoms with E-state index in [1.165, 1.54) is 0 Å². The number of carbonyl (C=O) groups excluding carboxylic acids is 1. The number of carboxylic acid groups (broad SMARTS) is 1. The van der Waals surface area contributed by atoms with Crippen molar-refractivity contribution in [3.05, 3.63) is 18.2 Å². The number of hydrogen-bond donors (Lipinski definition) is 3. The lowest BCUT2D eigenvalue weighted by Gasteiger charge is -2.27. The first-order valence-corrected chi connectivity index (χ1v) is 5.76. The maximum atomic E-state index is 12.0. The molecule has 2 unspecified atom stereocenters. The monoisotopic (exact) mass is 253 g/mol. The number of H-pyrrole nitrogens is 1. The minimum absolute atomic E-state index is 0.350. The van der Waals surface area contributed by atoms with Gasteiger partial charge in [-0.1, -0.05) is 20.8 Å². The molecule has 0 aliphatic heterocycles. The number of amides is 1. The van der Waals surface area contributed by atoms with Gasteiger partial charge in [0.1, 0.15) is 11.7 Å². The molecule has 0 bridgehead atoms. The Morgan fingerprint density at radius 2 is 2.06 bits per heavy atom. The maximum absolute atomic E-state index is 12.0. The first-order valence-electron chi connectivity index (χ1n) is 5.76. The number of carboxylic acids is 1. The fourth-order valence-electron chi connectivity index (χ4n) is 1.76. The van der Waals surface area contributed by atoms with Crippen LogP contribution in [0.5, 0.6) is 0 Å². The van der Waals surface area contributed by atoms with Crippen LogP contribution in [-0.4, -0.2) is 27.0 Å². The van der Waals surface area contributed by atoms with Gasteiger partial charge in [0.2, 0.25) is 5.91 Å². The molecular weight excluding hydrogens is 234 g/mol. The lowest BCUT2D eigenvalue weighted by atomic mass is 9.80. The second kappa shape index (κ2) is 5.20. The number of imidazole rings is 1. The lowest BCUT2D eigenvalue weighted by molar-refractivity contribution is -0.151. The van der Waals surface area contributed by atoms with E-state index in [9.17, 15) is 9.59 Å². The highest BCUT2D eigenvalue weighted by atomic mass is 16.4. The number of aromatic nitrogens is 2. The summed E-state index contributed by atoms with van der Waals surface area (Å²) in [6.07, 6.45) is 3.23. The van der Waals surface area contributed by atoms with Gasteiger partial charge in [-0.2, -0.15) is 0 Å². The number of aliphatic carboxylic acids is 1. The van der Waals surface area contributed by atoms with Crippen molar-refractivity contribution >= 4 is 11.9 Å². The van der Waals surface area contributed by atoms with Gasteiger partial charge in [0.05, 0.1) is 6.04 Å².